The Kier molecular flexibility index (Phi) is 6.69. The van der Waals surface area contributed by atoms with Crippen molar-refractivity contribution in [2.24, 2.45) is 0 Å². The summed E-state index contributed by atoms with van der Waals surface area (Å²) < 4.78 is 0.995. The van der Waals surface area contributed by atoms with Crippen LogP contribution in [0.2, 0.25) is 15.1 Å². The van der Waals surface area contributed by atoms with Gasteiger partial charge in [-0.15, -0.1) is 0 Å². The van der Waals surface area contributed by atoms with Gasteiger partial charge in [0.2, 0.25) is 0 Å². The molecule has 3 rings (SSSR count). The summed E-state index contributed by atoms with van der Waals surface area (Å²) in [5.74, 6) is -0.334. The second-order valence-electron chi connectivity index (χ2n) is 5.98. The Morgan fingerprint density at radius 2 is 1.89 bits per heavy atom. The van der Waals surface area contributed by atoms with Gasteiger partial charge in [-0.2, -0.15) is 5.26 Å². The van der Waals surface area contributed by atoms with Crippen LogP contribution in [-0.4, -0.2) is 12.5 Å². The predicted octanol–water partition coefficient (Wildman–Crippen LogP) is 5.76. The minimum Gasteiger partial charge on any atom is -0.382 e. The van der Waals surface area contributed by atoms with Crippen molar-refractivity contribution in [3.8, 4) is 6.07 Å². The number of nitrogens with zero attached hydrogens (tertiary/aromatic N) is 1. The number of rotatable bonds is 4. The van der Waals surface area contributed by atoms with E-state index in [1.807, 2.05) is 18.2 Å². The predicted molar refractivity (Wildman–Crippen MR) is 116 cm³/mol. The zero-order valence-electron chi connectivity index (χ0n) is 14.3. The highest BCUT2D eigenvalue weighted by atomic mass is 79.9. The van der Waals surface area contributed by atoms with Gasteiger partial charge in [0.05, 0.1) is 26.7 Å². The topological polar surface area (TPSA) is 64.9 Å². The number of allylic oxidation sites excluding steroid dienone is 2. The zero-order valence-corrected chi connectivity index (χ0v) is 18.1. The minimum atomic E-state index is -0.478. The van der Waals surface area contributed by atoms with Crippen molar-refractivity contribution in [3.63, 3.8) is 0 Å². The van der Waals surface area contributed by atoms with Crippen LogP contribution in [0.4, 0.5) is 0 Å². The van der Waals surface area contributed by atoms with Crippen LogP contribution in [-0.2, 0) is 0 Å². The van der Waals surface area contributed by atoms with E-state index in [-0.39, 0.29) is 10.9 Å². The van der Waals surface area contributed by atoms with Crippen molar-refractivity contribution in [3.05, 3.63) is 90.5 Å². The maximum Gasteiger partial charge on any atom is 0.252 e. The smallest absolute Gasteiger partial charge is 0.252 e. The van der Waals surface area contributed by atoms with Crippen molar-refractivity contribution in [2.75, 3.05) is 6.54 Å². The Morgan fingerprint density at radius 1 is 1.11 bits per heavy atom. The molecule has 0 bridgehead atoms. The second kappa shape index (κ2) is 9.02. The fraction of sp³-hybridized carbons (Fsp3) is 0.100. The molecule has 0 aliphatic carbocycles. The van der Waals surface area contributed by atoms with Gasteiger partial charge < -0.3 is 10.6 Å². The van der Waals surface area contributed by atoms with E-state index in [9.17, 15) is 4.79 Å². The molecule has 28 heavy (non-hydrogen) atoms. The monoisotopic (exact) mass is 495 g/mol. The fourth-order valence-corrected chi connectivity index (χ4v) is 3.48. The molecule has 1 unspecified atom stereocenters. The van der Waals surface area contributed by atoms with Gasteiger partial charge >= 0.3 is 0 Å². The lowest BCUT2D eigenvalue weighted by atomic mass is 10.0. The number of dihydropyridines is 1. The average molecular weight is 498 g/mol. The molecule has 1 atom stereocenters. The van der Waals surface area contributed by atoms with Crippen molar-refractivity contribution >= 4 is 56.6 Å². The Bertz CT molecular complexity index is 1040. The SMILES string of the molecule is N#Cc1ccc(C(=O)NC(C2=CC=C(Br)CN2)c2ccc(Cl)c(Cl)c2)cc1Cl. The van der Waals surface area contributed by atoms with Crippen molar-refractivity contribution in [2.45, 2.75) is 6.04 Å². The zero-order chi connectivity index (χ0) is 20.3. The minimum absolute atomic E-state index is 0.225. The first-order valence-electron chi connectivity index (χ1n) is 8.14. The van der Waals surface area contributed by atoms with E-state index >= 15 is 0 Å². The van der Waals surface area contributed by atoms with Gasteiger partial charge in [0.25, 0.3) is 5.91 Å². The van der Waals surface area contributed by atoms with Crippen LogP contribution >= 0.6 is 50.7 Å². The summed E-state index contributed by atoms with van der Waals surface area (Å²) in [5.41, 5.74) is 2.23. The standard InChI is InChI=1S/C20H13BrCl3N3O/c21-14-4-6-18(26-10-14)19(11-3-5-15(22)17(24)7-11)27-20(28)12-1-2-13(9-25)16(23)8-12/h1-8,19,26H,10H2,(H,27,28). The van der Waals surface area contributed by atoms with Gasteiger partial charge in [-0.05, 0) is 48.0 Å². The van der Waals surface area contributed by atoms with Gasteiger partial charge in [-0.1, -0.05) is 56.8 Å². The van der Waals surface area contributed by atoms with Crippen LogP contribution in [0.1, 0.15) is 27.5 Å². The van der Waals surface area contributed by atoms with E-state index in [2.05, 4.69) is 26.6 Å². The molecule has 0 spiro atoms. The van der Waals surface area contributed by atoms with Crippen LogP contribution in [0.25, 0.3) is 0 Å². The van der Waals surface area contributed by atoms with Crippen molar-refractivity contribution in [1.82, 2.24) is 10.6 Å². The molecular formula is C20H13BrCl3N3O. The summed E-state index contributed by atoms with van der Waals surface area (Å²) in [7, 11) is 0. The summed E-state index contributed by atoms with van der Waals surface area (Å²) in [6, 6.07) is 11.3. The Labute approximate surface area is 185 Å². The van der Waals surface area contributed by atoms with E-state index in [1.54, 1.807) is 24.3 Å². The van der Waals surface area contributed by atoms with Crippen LogP contribution in [0.5, 0.6) is 0 Å². The molecule has 0 saturated carbocycles. The molecule has 1 amide bonds. The Balaban J connectivity index is 1.95. The summed E-state index contributed by atoms with van der Waals surface area (Å²) in [6.07, 6.45) is 3.80. The lowest BCUT2D eigenvalue weighted by Crippen LogP contribution is -2.35. The number of nitriles is 1. The molecular weight excluding hydrogens is 485 g/mol. The van der Waals surface area contributed by atoms with Crippen molar-refractivity contribution < 1.29 is 4.79 Å². The van der Waals surface area contributed by atoms with Gasteiger partial charge in [0, 0.05) is 22.3 Å². The number of carbonyl (C=O) groups excluding carboxylic acids is 1. The normalized spacial score (nSPS) is 14.2. The largest absolute Gasteiger partial charge is 0.382 e. The highest BCUT2D eigenvalue weighted by molar-refractivity contribution is 9.11. The first-order chi connectivity index (χ1) is 13.4. The average Bonchev–Trinajstić information content (AvgIpc) is 2.69. The summed E-state index contributed by atoms with van der Waals surface area (Å²) in [5, 5.41) is 16.3. The number of benzene rings is 2. The number of halogens is 4. The maximum absolute atomic E-state index is 12.8. The second-order valence-corrected chi connectivity index (χ2v) is 8.22. The first-order valence-corrected chi connectivity index (χ1v) is 10.1. The van der Waals surface area contributed by atoms with E-state index in [1.165, 1.54) is 12.1 Å². The Morgan fingerprint density at radius 3 is 2.50 bits per heavy atom. The third kappa shape index (κ3) is 4.71. The molecule has 8 heteroatoms. The fourth-order valence-electron chi connectivity index (χ4n) is 2.68. The molecule has 0 aromatic heterocycles. The quantitative estimate of drug-likeness (QED) is 0.565. The molecule has 1 heterocycles. The number of amides is 1. The summed E-state index contributed by atoms with van der Waals surface area (Å²) in [6.45, 7) is 0.599. The van der Waals surface area contributed by atoms with Gasteiger partial charge in [0.1, 0.15) is 6.07 Å². The molecule has 1 aliphatic heterocycles. The highest BCUT2D eigenvalue weighted by Crippen LogP contribution is 2.30. The molecule has 1 aliphatic rings. The van der Waals surface area contributed by atoms with Crippen molar-refractivity contribution in [1.29, 1.82) is 5.26 Å². The van der Waals surface area contributed by atoms with Crippen LogP contribution < -0.4 is 10.6 Å². The number of nitrogens with one attached hydrogen (secondary N) is 2. The molecule has 4 nitrogen and oxygen atoms in total. The Hall–Kier alpha value is -1.97. The molecule has 2 aromatic carbocycles. The molecule has 0 radical (unpaired) electrons. The number of hydrogen-bond donors (Lipinski definition) is 2. The van der Waals surface area contributed by atoms with Gasteiger partial charge in [-0.3, -0.25) is 4.79 Å². The lowest BCUT2D eigenvalue weighted by molar-refractivity contribution is 0.0941. The summed E-state index contributed by atoms with van der Waals surface area (Å²) in [4.78, 5) is 12.8. The molecule has 0 saturated heterocycles. The molecule has 0 fully saturated rings. The number of carbonyl (C=O) groups is 1. The van der Waals surface area contributed by atoms with Crippen LogP contribution in [0, 0.1) is 11.3 Å². The van der Waals surface area contributed by atoms with Gasteiger partial charge in [-0.25, -0.2) is 0 Å². The highest BCUT2D eigenvalue weighted by Gasteiger charge is 2.22. The third-order valence-electron chi connectivity index (χ3n) is 4.12. The van der Waals surface area contributed by atoms with Gasteiger partial charge in [0.15, 0.2) is 0 Å². The molecule has 142 valence electrons. The van der Waals surface area contributed by atoms with Crippen LogP contribution in [0.15, 0.2) is 58.7 Å². The first kappa shape index (κ1) is 20.8. The molecule has 2 N–H and O–H groups in total. The van der Waals surface area contributed by atoms with Crippen LogP contribution in [0.3, 0.4) is 0 Å². The molecule has 2 aromatic rings. The van der Waals surface area contributed by atoms with E-state index in [4.69, 9.17) is 40.1 Å². The number of hydrogen-bond acceptors (Lipinski definition) is 3. The maximum atomic E-state index is 12.8. The summed E-state index contributed by atoms with van der Waals surface area (Å²) >= 11 is 21.7. The third-order valence-corrected chi connectivity index (χ3v) is 5.72. The van der Waals surface area contributed by atoms with E-state index in [0.717, 1.165) is 15.7 Å². The van der Waals surface area contributed by atoms with E-state index in [0.29, 0.717) is 27.7 Å². The van der Waals surface area contributed by atoms with E-state index < -0.39 is 6.04 Å². The lowest BCUT2D eigenvalue weighted by Gasteiger charge is -2.26.